The van der Waals surface area contributed by atoms with Gasteiger partial charge >= 0.3 is 0 Å². The Balaban J connectivity index is 2.51. The van der Waals surface area contributed by atoms with Crippen LogP contribution in [-0.2, 0) is 7.05 Å². The molecular formula is C9H7N5S. The minimum absolute atomic E-state index is 0.510. The Kier molecular flexibility index (Phi) is 2.31. The summed E-state index contributed by atoms with van der Waals surface area (Å²) < 4.78 is 2.27. The Hall–Kier alpha value is -2.00. The summed E-state index contributed by atoms with van der Waals surface area (Å²) in [6.07, 6.45) is 1.51. The standard InChI is InChI=1S/C9H7N5S/c1-10-6-3-4-7(11-5-6)8-12-13-9(15)14(8)2/h3-5H,2H3,(H,13,15). The third kappa shape index (κ3) is 1.65. The molecule has 0 atom stereocenters. The molecule has 2 rings (SSSR count). The number of nitrogens with zero attached hydrogens (tertiary/aromatic N) is 4. The summed E-state index contributed by atoms with van der Waals surface area (Å²) in [5.74, 6) is 0.663. The van der Waals surface area contributed by atoms with E-state index in [0.717, 1.165) is 0 Å². The van der Waals surface area contributed by atoms with E-state index >= 15 is 0 Å². The number of hydrogen-bond donors (Lipinski definition) is 1. The van der Waals surface area contributed by atoms with E-state index < -0.39 is 0 Å². The maximum Gasteiger partial charge on any atom is 0.205 e. The highest BCUT2D eigenvalue weighted by Crippen LogP contribution is 2.17. The number of H-pyrrole nitrogens is 1. The Bertz CT molecular complexity index is 572. The molecule has 0 fully saturated rings. The highest BCUT2D eigenvalue weighted by molar-refractivity contribution is 7.71. The van der Waals surface area contributed by atoms with Crippen molar-refractivity contribution in [2.75, 3.05) is 0 Å². The average molecular weight is 217 g/mol. The maximum absolute atomic E-state index is 6.81. The molecule has 1 N–H and O–H groups in total. The van der Waals surface area contributed by atoms with Crippen LogP contribution in [0.5, 0.6) is 0 Å². The van der Waals surface area contributed by atoms with Gasteiger partial charge in [-0.25, -0.2) is 4.85 Å². The van der Waals surface area contributed by atoms with Gasteiger partial charge in [-0.05, 0) is 18.3 Å². The fourth-order valence-electron chi connectivity index (χ4n) is 1.16. The first kappa shape index (κ1) is 9.55. The van der Waals surface area contributed by atoms with E-state index in [-0.39, 0.29) is 0 Å². The van der Waals surface area contributed by atoms with Crippen molar-refractivity contribution in [3.63, 3.8) is 0 Å². The summed E-state index contributed by atoms with van der Waals surface area (Å²) >= 11 is 4.99. The maximum atomic E-state index is 6.81. The molecular weight excluding hydrogens is 210 g/mol. The van der Waals surface area contributed by atoms with E-state index in [4.69, 9.17) is 18.8 Å². The van der Waals surface area contributed by atoms with Crippen LogP contribution in [-0.4, -0.2) is 19.7 Å². The van der Waals surface area contributed by atoms with Crippen LogP contribution in [0.15, 0.2) is 18.3 Å². The predicted molar refractivity (Wildman–Crippen MR) is 57.9 cm³/mol. The molecule has 0 bridgehead atoms. The van der Waals surface area contributed by atoms with Crippen molar-refractivity contribution in [3.8, 4) is 11.5 Å². The zero-order valence-electron chi connectivity index (χ0n) is 7.93. The van der Waals surface area contributed by atoms with Crippen molar-refractivity contribution < 1.29 is 0 Å². The number of aromatic nitrogens is 4. The molecule has 0 aliphatic rings. The van der Waals surface area contributed by atoms with Crippen LogP contribution in [0.1, 0.15) is 0 Å². The minimum Gasteiger partial charge on any atom is -0.302 e. The Morgan fingerprint density at radius 2 is 2.33 bits per heavy atom. The SMILES string of the molecule is [C-]#[N+]c1ccc(-c2n[nH]c(=S)n2C)nc1. The van der Waals surface area contributed by atoms with E-state index in [0.29, 0.717) is 22.0 Å². The summed E-state index contributed by atoms with van der Waals surface area (Å²) in [5.41, 5.74) is 1.20. The van der Waals surface area contributed by atoms with Gasteiger partial charge in [-0.3, -0.25) is 10.1 Å². The second kappa shape index (κ2) is 3.63. The quantitative estimate of drug-likeness (QED) is 0.587. The van der Waals surface area contributed by atoms with E-state index in [1.165, 1.54) is 6.20 Å². The largest absolute Gasteiger partial charge is 0.302 e. The van der Waals surface area contributed by atoms with E-state index in [1.54, 1.807) is 16.7 Å². The van der Waals surface area contributed by atoms with Crippen molar-refractivity contribution in [1.82, 2.24) is 19.7 Å². The molecule has 6 heteroatoms. The highest BCUT2D eigenvalue weighted by atomic mass is 32.1. The van der Waals surface area contributed by atoms with E-state index in [9.17, 15) is 0 Å². The molecule has 0 spiro atoms. The second-order valence-electron chi connectivity index (χ2n) is 2.92. The zero-order chi connectivity index (χ0) is 10.8. The first-order chi connectivity index (χ1) is 7.22. The second-order valence-corrected chi connectivity index (χ2v) is 3.31. The van der Waals surface area contributed by atoms with Crippen LogP contribution in [0.3, 0.4) is 0 Å². The van der Waals surface area contributed by atoms with Crippen LogP contribution in [0.4, 0.5) is 5.69 Å². The highest BCUT2D eigenvalue weighted by Gasteiger charge is 2.06. The van der Waals surface area contributed by atoms with Crippen LogP contribution in [0, 0.1) is 11.3 Å². The van der Waals surface area contributed by atoms with Crippen LogP contribution in [0.25, 0.3) is 16.4 Å². The van der Waals surface area contributed by atoms with Gasteiger partial charge in [0.05, 0.1) is 6.57 Å². The Labute approximate surface area is 91.2 Å². The van der Waals surface area contributed by atoms with Gasteiger partial charge in [0.25, 0.3) is 0 Å². The number of aromatic amines is 1. The molecule has 2 aromatic heterocycles. The van der Waals surface area contributed by atoms with Gasteiger partial charge in [-0.15, -0.1) is 0 Å². The molecule has 0 aliphatic carbocycles. The lowest BCUT2D eigenvalue weighted by Crippen LogP contribution is -1.94. The summed E-state index contributed by atoms with van der Waals surface area (Å²) in [5, 5.41) is 6.73. The van der Waals surface area contributed by atoms with Crippen LogP contribution in [0.2, 0.25) is 0 Å². The van der Waals surface area contributed by atoms with Gasteiger partial charge in [-0.1, -0.05) is 6.07 Å². The number of hydrogen-bond acceptors (Lipinski definition) is 3. The van der Waals surface area contributed by atoms with Gasteiger partial charge in [0.15, 0.2) is 10.6 Å². The topological polar surface area (TPSA) is 50.9 Å². The Morgan fingerprint density at radius 3 is 2.80 bits per heavy atom. The van der Waals surface area contributed by atoms with Gasteiger partial charge in [-0.2, -0.15) is 5.10 Å². The molecule has 15 heavy (non-hydrogen) atoms. The smallest absolute Gasteiger partial charge is 0.205 e. The van der Waals surface area contributed by atoms with Crippen molar-refractivity contribution >= 4 is 17.9 Å². The summed E-state index contributed by atoms with van der Waals surface area (Å²) in [6.45, 7) is 6.81. The lowest BCUT2D eigenvalue weighted by Gasteiger charge is -1.98. The van der Waals surface area contributed by atoms with Crippen molar-refractivity contribution in [1.29, 1.82) is 0 Å². The Morgan fingerprint density at radius 1 is 1.53 bits per heavy atom. The number of nitrogens with one attached hydrogen (secondary N) is 1. The van der Waals surface area contributed by atoms with E-state index in [1.807, 2.05) is 7.05 Å². The number of pyridine rings is 1. The molecule has 0 saturated heterocycles. The molecule has 2 aromatic rings. The molecule has 0 amide bonds. The van der Waals surface area contributed by atoms with Gasteiger partial charge in [0, 0.05) is 13.2 Å². The first-order valence-corrected chi connectivity index (χ1v) is 4.58. The summed E-state index contributed by atoms with van der Waals surface area (Å²) in [6, 6.07) is 3.45. The van der Waals surface area contributed by atoms with Gasteiger partial charge in [0.2, 0.25) is 5.69 Å². The van der Waals surface area contributed by atoms with Crippen molar-refractivity contribution in [2.24, 2.45) is 7.05 Å². The fourth-order valence-corrected chi connectivity index (χ4v) is 1.29. The lowest BCUT2D eigenvalue weighted by atomic mass is 10.3. The third-order valence-corrected chi connectivity index (χ3v) is 2.35. The van der Waals surface area contributed by atoms with Crippen LogP contribution < -0.4 is 0 Å². The molecule has 0 radical (unpaired) electrons. The monoisotopic (exact) mass is 217 g/mol. The first-order valence-electron chi connectivity index (χ1n) is 4.17. The molecule has 5 nitrogen and oxygen atoms in total. The summed E-state index contributed by atoms with van der Waals surface area (Å²) in [4.78, 5) is 7.40. The molecule has 0 aliphatic heterocycles. The van der Waals surface area contributed by atoms with Gasteiger partial charge < -0.3 is 4.57 Å². The molecule has 2 heterocycles. The van der Waals surface area contributed by atoms with Crippen LogP contribution >= 0.6 is 12.2 Å². The molecule has 74 valence electrons. The van der Waals surface area contributed by atoms with Crippen molar-refractivity contribution in [2.45, 2.75) is 0 Å². The lowest BCUT2D eigenvalue weighted by molar-refractivity contribution is 0.897. The average Bonchev–Trinajstić information content (AvgIpc) is 2.60. The number of rotatable bonds is 1. The third-order valence-electron chi connectivity index (χ3n) is 1.99. The van der Waals surface area contributed by atoms with Gasteiger partial charge in [0.1, 0.15) is 5.69 Å². The minimum atomic E-state index is 0.510. The summed E-state index contributed by atoms with van der Waals surface area (Å²) in [7, 11) is 1.81. The van der Waals surface area contributed by atoms with Crippen molar-refractivity contribution in [3.05, 3.63) is 34.5 Å². The fraction of sp³-hybridized carbons (Fsp3) is 0.111. The molecule has 0 aromatic carbocycles. The zero-order valence-corrected chi connectivity index (χ0v) is 8.75. The van der Waals surface area contributed by atoms with E-state index in [2.05, 4.69) is 20.0 Å². The predicted octanol–water partition coefficient (Wildman–Crippen LogP) is 2.09. The molecule has 0 unspecified atom stereocenters. The molecule has 0 saturated carbocycles. The normalized spacial score (nSPS) is 9.87.